The number of ether oxygens (including phenoxy) is 6. The monoisotopic (exact) mass is 1660 g/mol. The Bertz CT molecular complexity index is 3320. The SMILES string of the molecule is CC(=O)N(CCOc1ccc(Cl)cc1)C12CC(NC(=O)COc3ccc(Cl)cc3)(C1)C2.CC(=O)N(CCOc1ccc(Cl)cc1)C12CC(NC(=O)COc3ccc(Cl)cc3)(C1)C2.CCI.CCI.O=C(COc1ccc(Cl)cc1)NC12CC(CCCOc3ccc(Cl)cc3)(C1)C2. The minimum absolute atomic E-state index is 0.00250. The molecule has 0 aliphatic heterocycles. The second-order valence-corrected chi connectivity index (χ2v) is 30.8. The molecule has 6 aromatic carbocycles. The van der Waals surface area contributed by atoms with Crippen LogP contribution in [0.15, 0.2) is 146 Å². The summed E-state index contributed by atoms with van der Waals surface area (Å²) in [4.78, 5) is 65.0. The van der Waals surface area contributed by atoms with Gasteiger partial charge in [0, 0.05) is 71.7 Å². The van der Waals surface area contributed by atoms with Crippen LogP contribution in [0.3, 0.4) is 0 Å². The van der Waals surface area contributed by atoms with Crippen molar-refractivity contribution in [1.29, 1.82) is 0 Å². The number of halogens is 8. The molecule has 0 atom stereocenters. The van der Waals surface area contributed by atoms with Gasteiger partial charge in [-0.3, -0.25) is 24.0 Å². The van der Waals surface area contributed by atoms with E-state index >= 15 is 0 Å². The number of hydrogen-bond donors (Lipinski definition) is 3. The molecule has 16 nitrogen and oxygen atoms in total. The molecule has 0 heterocycles. The second-order valence-electron chi connectivity index (χ2n) is 25.1. The maximum Gasteiger partial charge on any atom is 0.258 e. The molecule has 6 aromatic rings. The summed E-state index contributed by atoms with van der Waals surface area (Å²) < 4.78 is 36.2. The normalized spacial score (nSPS) is 22.5. The van der Waals surface area contributed by atoms with Gasteiger partial charge in [-0.1, -0.05) is 129 Å². The first-order valence-electron chi connectivity index (χ1n) is 31.8. The predicted octanol–water partition coefficient (Wildman–Crippen LogP) is 16.3. The average Bonchev–Trinajstić information content (AvgIpc) is 0.693. The van der Waals surface area contributed by atoms with Crippen LogP contribution in [-0.4, -0.2) is 129 Å². The molecule has 9 aliphatic carbocycles. The lowest BCUT2D eigenvalue weighted by Gasteiger charge is -2.73. The van der Waals surface area contributed by atoms with Gasteiger partial charge in [-0.25, -0.2) is 0 Å². The number of alkyl halides is 2. The van der Waals surface area contributed by atoms with Gasteiger partial charge in [0.15, 0.2) is 19.8 Å². The fourth-order valence-corrected chi connectivity index (χ4v) is 14.7. The quantitative estimate of drug-likeness (QED) is 0.0253. The number of rotatable bonds is 27. The third kappa shape index (κ3) is 21.3. The molecule has 5 amide bonds. The number of carbonyl (C=O) groups excluding carboxylic acids is 5. The Kier molecular flexibility index (Phi) is 28.0. The molecule has 3 N–H and O–H groups in total. The molecule has 24 heteroatoms. The van der Waals surface area contributed by atoms with E-state index in [1.807, 2.05) is 34.1 Å². The molecule has 516 valence electrons. The van der Waals surface area contributed by atoms with E-state index in [1.165, 1.54) is 8.86 Å². The molecule has 0 spiro atoms. The van der Waals surface area contributed by atoms with E-state index in [4.69, 9.17) is 98.0 Å². The summed E-state index contributed by atoms with van der Waals surface area (Å²) in [6.45, 7) is 9.81. The average molecular weight is 1660 g/mol. The highest BCUT2D eigenvalue weighted by atomic mass is 127. The number of benzene rings is 6. The highest BCUT2D eigenvalue weighted by Crippen LogP contribution is 2.69. The summed E-state index contributed by atoms with van der Waals surface area (Å²) in [6, 6.07) is 42.5. The molecule has 15 rings (SSSR count). The predicted molar refractivity (Wildman–Crippen MR) is 397 cm³/mol. The summed E-state index contributed by atoms with van der Waals surface area (Å²) in [6.07, 6.45) is 9.89. The zero-order valence-corrected chi connectivity index (χ0v) is 63.0. The number of carbonyl (C=O) groups is 5. The van der Waals surface area contributed by atoms with E-state index < -0.39 is 0 Å². The first-order chi connectivity index (χ1) is 45.9. The summed E-state index contributed by atoms with van der Waals surface area (Å²) >= 11 is 39.8. The van der Waals surface area contributed by atoms with Gasteiger partial charge in [0.2, 0.25) is 11.8 Å². The van der Waals surface area contributed by atoms with Crippen molar-refractivity contribution in [3.63, 3.8) is 0 Å². The van der Waals surface area contributed by atoms with E-state index in [2.05, 4.69) is 75.0 Å². The minimum Gasteiger partial charge on any atom is -0.494 e. The van der Waals surface area contributed by atoms with Crippen LogP contribution in [0.2, 0.25) is 30.1 Å². The summed E-state index contributed by atoms with van der Waals surface area (Å²) in [5.74, 6) is 3.78. The molecule has 96 heavy (non-hydrogen) atoms. The molecule has 6 bridgehead atoms. The van der Waals surface area contributed by atoms with Crippen LogP contribution in [0.25, 0.3) is 0 Å². The Hall–Kier alpha value is -5.33. The Morgan fingerprint density at radius 2 is 0.594 bits per heavy atom. The van der Waals surface area contributed by atoms with E-state index in [9.17, 15) is 24.0 Å². The minimum atomic E-state index is -0.231. The van der Waals surface area contributed by atoms with Crippen molar-refractivity contribution in [1.82, 2.24) is 25.8 Å². The van der Waals surface area contributed by atoms with Gasteiger partial charge in [0.1, 0.15) is 47.7 Å². The number of nitrogens with zero attached hydrogens (tertiary/aromatic N) is 2. The van der Waals surface area contributed by atoms with Crippen molar-refractivity contribution in [2.45, 2.75) is 126 Å². The molecule has 9 fully saturated rings. The highest BCUT2D eigenvalue weighted by molar-refractivity contribution is 14.1. The molecule has 0 unspecified atom stereocenters. The Morgan fingerprint density at radius 1 is 0.375 bits per heavy atom. The van der Waals surface area contributed by atoms with Crippen molar-refractivity contribution < 1.29 is 52.4 Å². The van der Waals surface area contributed by atoms with Gasteiger partial charge in [0.25, 0.3) is 17.7 Å². The van der Waals surface area contributed by atoms with Gasteiger partial charge in [-0.05, 0) is 230 Å². The van der Waals surface area contributed by atoms with Crippen molar-refractivity contribution in [2.24, 2.45) is 5.41 Å². The van der Waals surface area contributed by atoms with Crippen molar-refractivity contribution in [3.8, 4) is 34.5 Å². The van der Waals surface area contributed by atoms with Gasteiger partial charge < -0.3 is 54.2 Å². The first-order valence-corrected chi connectivity index (χ1v) is 37.1. The van der Waals surface area contributed by atoms with Gasteiger partial charge >= 0.3 is 0 Å². The van der Waals surface area contributed by atoms with Crippen LogP contribution < -0.4 is 44.4 Å². The van der Waals surface area contributed by atoms with Crippen LogP contribution >= 0.6 is 115 Å². The van der Waals surface area contributed by atoms with Crippen LogP contribution in [0, 0.1) is 5.41 Å². The topological polar surface area (TPSA) is 183 Å². The van der Waals surface area contributed by atoms with Crippen LogP contribution in [0.1, 0.15) is 98.3 Å². The lowest BCUT2D eigenvalue weighted by Crippen LogP contribution is -2.84. The molecular weight excluding hydrogens is 1580 g/mol. The summed E-state index contributed by atoms with van der Waals surface area (Å²) in [5.41, 5.74) is -0.430. The van der Waals surface area contributed by atoms with E-state index in [1.54, 1.807) is 135 Å². The fourth-order valence-electron chi connectivity index (χ4n) is 13.9. The van der Waals surface area contributed by atoms with Crippen molar-refractivity contribution >= 4 is 144 Å². The standard InChI is InChI=1S/2C23H24Cl2N2O4.C22H23Cl2NO3.2C2H5I/c2*1-16(28)27(10-11-30-19-6-2-17(24)3-7-19)23-13-22(14-23,15-23)26-21(29)12-31-20-8-4-18(25)5-9-20;23-16-2-6-18(7-3-16)27-11-1-10-21-13-22(14-21,15-21)25-20(26)12-28-19-8-4-17(24)5-9-19;2*1-2-3/h2*2-9H,10-15H2,1H3,(H,26,29);2-9H,1,10-15H2,(H,25,26);2*2H2,1H3. The molecule has 0 radical (unpaired) electrons. The van der Waals surface area contributed by atoms with E-state index in [0.29, 0.717) is 85.7 Å². The number of amides is 5. The maximum absolute atomic E-state index is 12.3. The number of hydrogen-bond acceptors (Lipinski definition) is 11. The maximum atomic E-state index is 12.3. The smallest absolute Gasteiger partial charge is 0.258 e. The molecular formula is C72H81Cl6I2N5O11. The zero-order chi connectivity index (χ0) is 69.2. The molecule has 0 saturated heterocycles. The van der Waals surface area contributed by atoms with Gasteiger partial charge in [-0.15, -0.1) is 0 Å². The molecule has 9 saturated carbocycles. The van der Waals surface area contributed by atoms with Crippen LogP contribution in [-0.2, 0) is 24.0 Å². The van der Waals surface area contributed by atoms with E-state index in [0.717, 1.165) is 87.9 Å². The van der Waals surface area contributed by atoms with E-state index in [-0.39, 0.29) is 77.1 Å². The Labute approximate surface area is 620 Å². The Morgan fingerprint density at radius 3 is 0.833 bits per heavy atom. The molecule has 0 aromatic heterocycles. The fraction of sp³-hybridized carbons (Fsp3) is 0.431. The van der Waals surface area contributed by atoms with Gasteiger partial charge in [0.05, 0.1) is 19.7 Å². The largest absolute Gasteiger partial charge is 0.494 e. The van der Waals surface area contributed by atoms with Crippen LogP contribution in [0.4, 0.5) is 0 Å². The summed E-state index contributed by atoms with van der Waals surface area (Å²) in [7, 11) is 0. The highest BCUT2D eigenvalue weighted by Gasteiger charge is 2.72. The van der Waals surface area contributed by atoms with Crippen LogP contribution in [0.5, 0.6) is 34.5 Å². The zero-order valence-electron chi connectivity index (χ0n) is 54.1. The lowest BCUT2D eigenvalue weighted by molar-refractivity contribution is -0.192. The van der Waals surface area contributed by atoms with Crippen molar-refractivity contribution in [3.05, 3.63) is 176 Å². The second kappa shape index (κ2) is 35.1. The molecule has 9 aliphatic rings. The first kappa shape index (κ1) is 76.4. The third-order valence-corrected chi connectivity index (χ3v) is 19.1. The summed E-state index contributed by atoms with van der Waals surface area (Å²) in [5, 5.41) is 13.2. The Balaban J connectivity index is 0.000000177. The lowest BCUT2D eigenvalue weighted by atomic mass is 9.38. The van der Waals surface area contributed by atoms with Gasteiger partial charge in [-0.2, -0.15) is 0 Å². The number of nitrogens with one attached hydrogen (secondary N) is 3. The third-order valence-electron chi connectivity index (χ3n) is 17.5. The van der Waals surface area contributed by atoms with Crippen molar-refractivity contribution in [2.75, 3.05) is 61.6 Å².